The molecule has 4 rings (SSSR count). The Kier molecular flexibility index (Phi) is 4.11. The largest absolute Gasteiger partial charge is 0.465 e. The van der Waals surface area contributed by atoms with Crippen molar-refractivity contribution in [2.24, 2.45) is 0 Å². The Morgan fingerprint density at radius 3 is 2.73 bits per heavy atom. The molecule has 2 bridgehead atoms. The van der Waals surface area contributed by atoms with Gasteiger partial charge in [0.1, 0.15) is 11.5 Å². The summed E-state index contributed by atoms with van der Waals surface area (Å²) in [4.78, 5) is 12.2. The van der Waals surface area contributed by atoms with Crippen LogP contribution in [0.25, 0.3) is 0 Å². The normalized spacial score (nSPS) is 23.3. The predicted molar refractivity (Wildman–Crippen MR) is 99.0 cm³/mol. The van der Waals surface area contributed by atoms with E-state index in [0.29, 0.717) is 24.0 Å². The van der Waals surface area contributed by atoms with Crippen LogP contribution in [-0.2, 0) is 10.2 Å². The van der Waals surface area contributed by atoms with E-state index in [1.807, 2.05) is 36.4 Å². The first-order valence-electron chi connectivity index (χ1n) is 8.94. The minimum atomic E-state index is -0.510. The van der Waals surface area contributed by atoms with Gasteiger partial charge in [-0.15, -0.1) is 0 Å². The topological polar surface area (TPSA) is 56.8 Å². The lowest BCUT2D eigenvalue weighted by atomic mass is 9.80. The second-order valence-electron chi connectivity index (χ2n) is 7.57. The highest BCUT2D eigenvalue weighted by atomic mass is 16.7. The van der Waals surface area contributed by atoms with Gasteiger partial charge in [-0.1, -0.05) is 32.9 Å². The molecule has 2 heterocycles. The molecule has 1 amide bonds. The average molecular weight is 353 g/mol. The van der Waals surface area contributed by atoms with Crippen molar-refractivity contribution in [3.05, 3.63) is 53.6 Å². The lowest BCUT2D eigenvalue weighted by Crippen LogP contribution is -2.29. The van der Waals surface area contributed by atoms with Crippen molar-refractivity contribution in [1.29, 1.82) is 0 Å². The van der Waals surface area contributed by atoms with Crippen molar-refractivity contribution >= 4 is 11.8 Å². The minimum Gasteiger partial charge on any atom is -0.465 e. The van der Waals surface area contributed by atoms with Crippen LogP contribution in [0, 0.1) is 0 Å². The molecule has 1 unspecified atom stereocenters. The standard InChI is InChI=1S/C21H23NO4/c1-13(2)14-4-6-15(7-5-14)22-20(23)25-16-8-9-18-17(10-16)21(3)11-19(26-18)24-12-21/h4-10,13,19H,11-12H2,1-3H3,(H,22,23)/t19?,21-/m1/s1. The maximum absolute atomic E-state index is 12.2. The smallest absolute Gasteiger partial charge is 0.417 e. The maximum atomic E-state index is 12.2. The zero-order valence-electron chi connectivity index (χ0n) is 15.2. The van der Waals surface area contributed by atoms with Gasteiger partial charge in [-0.3, -0.25) is 5.32 Å². The fourth-order valence-corrected chi connectivity index (χ4v) is 3.52. The van der Waals surface area contributed by atoms with Crippen LogP contribution in [0.15, 0.2) is 42.5 Å². The first-order chi connectivity index (χ1) is 12.4. The van der Waals surface area contributed by atoms with E-state index in [9.17, 15) is 4.79 Å². The van der Waals surface area contributed by atoms with Gasteiger partial charge in [0.15, 0.2) is 0 Å². The minimum absolute atomic E-state index is 0.0965. The number of amides is 1. The van der Waals surface area contributed by atoms with E-state index in [0.717, 1.165) is 17.7 Å². The Bertz CT molecular complexity index is 830. The number of anilines is 1. The number of carbonyl (C=O) groups excluding carboxylic acids is 1. The second-order valence-corrected chi connectivity index (χ2v) is 7.57. The number of hydrogen-bond acceptors (Lipinski definition) is 4. The van der Waals surface area contributed by atoms with E-state index in [4.69, 9.17) is 14.2 Å². The van der Waals surface area contributed by atoms with Gasteiger partial charge in [0, 0.05) is 23.1 Å². The number of nitrogens with one attached hydrogen (secondary N) is 1. The molecule has 2 aromatic carbocycles. The number of ether oxygens (including phenoxy) is 3. The summed E-state index contributed by atoms with van der Waals surface area (Å²) in [5.74, 6) is 1.75. The number of benzene rings is 2. The molecule has 5 heteroatoms. The van der Waals surface area contributed by atoms with Crippen LogP contribution in [-0.4, -0.2) is 19.0 Å². The first-order valence-corrected chi connectivity index (χ1v) is 8.94. The summed E-state index contributed by atoms with van der Waals surface area (Å²) in [6.07, 6.45) is 0.138. The van der Waals surface area contributed by atoms with Gasteiger partial charge in [-0.2, -0.15) is 0 Å². The Hall–Kier alpha value is -2.53. The van der Waals surface area contributed by atoms with E-state index in [-0.39, 0.29) is 11.7 Å². The monoisotopic (exact) mass is 353 g/mol. The van der Waals surface area contributed by atoms with Crippen LogP contribution in [0.5, 0.6) is 11.5 Å². The Morgan fingerprint density at radius 2 is 2.00 bits per heavy atom. The molecule has 0 saturated carbocycles. The third-order valence-corrected chi connectivity index (χ3v) is 5.10. The van der Waals surface area contributed by atoms with Gasteiger partial charge in [0.2, 0.25) is 6.29 Å². The first kappa shape index (κ1) is 16.9. The average Bonchev–Trinajstić information content (AvgIpc) is 2.92. The molecule has 136 valence electrons. The molecule has 2 aliphatic heterocycles. The van der Waals surface area contributed by atoms with Gasteiger partial charge in [-0.25, -0.2) is 4.79 Å². The van der Waals surface area contributed by atoms with Crippen LogP contribution in [0.1, 0.15) is 44.2 Å². The molecule has 1 saturated heterocycles. The van der Waals surface area contributed by atoms with Crippen molar-refractivity contribution in [3.8, 4) is 11.5 Å². The molecule has 2 atom stereocenters. The number of fused-ring (bicyclic) bond motifs is 4. The molecule has 26 heavy (non-hydrogen) atoms. The Labute approximate surface area is 153 Å². The Morgan fingerprint density at radius 1 is 1.23 bits per heavy atom. The van der Waals surface area contributed by atoms with E-state index >= 15 is 0 Å². The van der Waals surface area contributed by atoms with Crippen molar-refractivity contribution in [1.82, 2.24) is 0 Å². The molecular formula is C21H23NO4. The second kappa shape index (κ2) is 6.32. The maximum Gasteiger partial charge on any atom is 0.417 e. The third kappa shape index (κ3) is 3.15. The fourth-order valence-electron chi connectivity index (χ4n) is 3.52. The van der Waals surface area contributed by atoms with Gasteiger partial charge in [-0.05, 0) is 41.8 Å². The van der Waals surface area contributed by atoms with Crippen molar-refractivity contribution in [2.75, 3.05) is 11.9 Å². The van der Waals surface area contributed by atoms with Crippen LogP contribution in [0.3, 0.4) is 0 Å². The van der Waals surface area contributed by atoms with Gasteiger partial charge < -0.3 is 14.2 Å². The molecule has 2 aromatic rings. The van der Waals surface area contributed by atoms with Crippen molar-refractivity contribution in [2.45, 2.75) is 44.8 Å². The molecular weight excluding hydrogens is 330 g/mol. The highest BCUT2D eigenvalue weighted by Gasteiger charge is 2.45. The summed E-state index contributed by atoms with van der Waals surface area (Å²) in [6, 6.07) is 13.2. The van der Waals surface area contributed by atoms with Crippen molar-refractivity contribution < 1.29 is 19.0 Å². The van der Waals surface area contributed by atoms with E-state index in [2.05, 4.69) is 26.1 Å². The van der Waals surface area contributed by atoms with E-state index in [1.54, 1.807) is 6.07 Å². The lowest BCUT2D eigenvalue weighted by molar-refractivity contribution is -0.0380. The number of carbonyl (C=O) groups is 1. The number of hydrogen-bond donors (Lipinski definition) is 1. The molecule has 1 N–H and O–H groups in total. The van der Waals surface area contributed by atoms with Crippen LogP contribution < -0.4 is 14.8 Å². The predicted octanol–water partition coefficient (Wildman–Crippen LogP) is 4.82. The van der Waals surface area contributed by atoms with Crippen LogP contribution in [0.4, 0.5) is 10.5 Å². The molecule has 0 radical (unpaired) electrons. The quantitative estimate of drug-likeness (QED) is 0.860. The SMILES string of the molecule is CC(C)c1ccc(NC(=O)Oc2ccc3c(c2)[C@@]2(C)COC(C2)O3)cc1. The highest BCUT2D eigenvalue weighted by molar-refractivity contribution is 5.86. The van der Waals surface area contributed by atoms with Gasteiger partial charge in [0.05, 0.1) is 6.61 Å². The molecule has 5 nitrogen and oxygen atoms in total. The molecule has 0 aliphatic carbocycles. The molecule has 0 spiro atoms. The fraction of sp³-hybridized carbons (Fsp3) is 0.381. The summed E-state index contributed by atoms with van der Waals surface area (Å²) >= 11 is 0. The molecule has 1 fully saturated rings. The zero-order chi connectivity index (χ0) is 18.3. The van der Waals surface area contributed by atoms with Gasteiger partial charge >= 0.3 is 6.09 Å². The summed E-state index contributed by atoms with van der Waals surface area (Å²) in [7, 11) is 0. The van der Waals surface area contributed by atoms with Crippen LogP contribution >= 0.6 is 0 Å². The summed E-state index contributed by atoms with van der Waals surface area (Å²) in [5, 5.41) is 2.76. The molecule has 0 aromatic heterocycles. The van der Waals surface area contributed by atoms with E-state index in [1.165, 1.54) is 5.56 Å². The van der Waals surface area contributed by atoms with Gasteiger partial charge in [0.25, 0.3) is 0 Å². The number of rotatable bonds is 3. The summed E-state index contributed by atoms with van der Waals surface area (Å²) in [6.45, 7) is 7.03. The molecule has 2 aliphatic rings. The zero-order valence-corrected chi connectivity index (χ0v) is 15.2. The summed E-state index contributed by atoms with van der Waals surface area (Å²) < 4.78 is 16.9. The summed E-state index contributed by atoms with van der Waals surface area (Å²) in [5.41, 5.74) is 2.86. The highest BCUT2D eigenvalue weighted by Crippen LogP contribution is 2.47. The van der Waals surface area contributed by atoms with Crippen molar-refractivity contribution in [3.63, 3.8) is 0 Å². The lowest BCUT2D eigenvalue weighted by Gasteiger charge is -2.29. The third-order valence-electron chi connectivity index (χ3n) is 5.10. The Balaban J connectivity index is 1.46. The van der Waals surface area contributed by atoms with E-state index < -0.39 is 6.09 Å². The van der Waals surface area contributed by atoms with Crippen LogP contribution in [0.2, 0.25) is 0 Å².